The number of hydrogen-bond donors (Lipinski definition) is 3. The Labute approximate surface area is 108 Å². The van der Waals surface area contributed by atoms with Gasteiger partial charge in [0.1, 0.15) is 18.9 Å². The maximum Gasteiger partial charge on any atom is 0.333 e. The van der Waals surface area contributed by atoms with Crippen LogP contribution in [0, 0.1) is 0 Å². The molecule has 0 aliphatic carbocycles. The normalized spacial score (nSPS) is 14.4. The van der Waals surface area contributed by atoms with Gasteiger partial charge in [0.05, 0.1) is 0 Å². The number of rotatable bonds is 7. The van der Waals surface area contributed by atoms with E-state index in [2.05, 4.69) is 9.47 Å². The van der Waals surface area contributed by atoms with E-state index in [0.717, 1.165) is 13.8 Å². The van der Waals surface area contributed by atoms with Crippen molar-refractivity contribution in [3.63, 3.8) is 0 Å². The zero-order valence-electron chi connectivity index (χ0n) is 10.3. The van der Waals surface area contributed by atoms with Crippen molar-refractivity contribution in [1.29, 1.82) is 0 Å². The Kier molecular flexibility index (Phi) is 6.85. The highest BCUT2D eigenvalue weighted by molar-refractivity contribution is 7.52. The van der Waals surface area contributed by atoms with Crippen molar-refractivity contribution in [3.8, 4) is 0 Å². The molecule has 19 heavy (non-hydrogen) atoms. The third-order valence-corrected chi connectivity index (χ3v) is 2.50. The molecule has 9 nitrogen and oxygen atoms in total. The molecule has 0 fully saturated rings. The Hall–Kier alpha value is -1.28. The minimum absolute atomic E-state index is 0.639. The first-order chi connectivity index (χ1) is 8.53. The smallest absolute Gasteiger partial charge is 0.333 e. The van der Waals surface area contributed by atoms with Crippen molar-refractivity contribution in [2.75, 3.05) is 12.8 Å². The van der Waals surface area contributed by atoms with Gasteiger partial charge < -0.3 is 24.4 Å². The SMILES string of the molecule is CC(=O)OCC(O)C(OC(C)=O)C(=O)CP(=O)(O)O. The van der Waals surface area contributed by atoms with Crippen molar-refractivity contribution in [2.24, 2.45) is 0 Å². The van der Waals surface area contributed by atoms with E-state index in [-0.39, 0.29) is 0 Å². The molecule has 2 unspecified atom stereocenters. The summed E-state index contributed by atoms with van der Waals surface area (Å²) < 4.78 is 19.6. The molecule has 0 radical (unpaired) electrons. The number of carbonyl (C=O) groups is 3. The first-order valence-corrected chi connectivity index (χ1v) is 6.88. The fraction of sp³-hybridized carbons (Fsp3) is 0.667. The molecule has 0 saturated heterocycles. The summed E-state index contributed by atoms with van der Waals surface area (Å²) in [4.78, 5) is 50.1. The van der Waals surface area contributed by atoms with E-state index in [1.165, 1.54) is 0 Å². The standard InChI is InChI=1S/C9H15O9P/c1-5(10)17-3-7(12)9(18-6(2)11)8(13)4-19(14,15)16/h7,9,12H,3-4H2,1-2H3,(H2,14,15,16). The third-order valence-electron chi connectivity index (χ3n) is 1.78. The summed E-state index contributed by atoms with van der Waals surface area (Å²) in [6.45, 7) is 1.38. The second kappa shape index (κ2) is 7.34. The van der Waals surface area contributed by atoms with Crippen LogP contribution >= 0.6 is 7.60 Å². The lowest BCUT2D eigenvalue weighted by Crippen LogP contribution is -2.42. The predicted octanol–water partition coefficient (Wildman–Crippen LogP) is -1.41. The molecule has 0 aliphatic rings. The number of carbonyl (C=O) groups excluding carboxylic acids is 3. The first-order valence-electron chi connectivity index (χ1n) is 5.09. The fourth-order valence-corrected chi connectivity index (χ4v) is 1.71. The molecular weight excluding hydrogens is 283 g/mol. The number of esters is 2. The zero-order chi connectivity index (χ0) is 15.2. The molecule has 0 heterocycles. The fourth-order valence-electron chi connectivity index (χ4n) is 1.12. The summed E-state index contributed by atoms with van der Waals surface area (Å²) in [7, 11) is -4.66. The van der Waals surface area contributed by atoms with Gasteiger partial charge in [0.2, 0.25) is 0 Å². The summed E-state index contributed by atoms with van der Waals surface area (Å²) in [5, 5.41) is 9.55. The average Bonchev–Trinajstić information content (AvgIpc) is 2.19. The number of Topliss-reactive ketones (excluding diaryl/α,β-unsaturated/α-hetero) is 1. The molecule has 0 saturated carbocycles. The van der Waals surface area contributed by atoms with Crippen LogP contribution in [0.4, 0.5) is 0 Å². The topological polar surface area (TPSA) is 147 Å². The van der Waals surface area contributed by atoms with Crippen molar-refractivity contribution in [2.45, 2.75) is 26.1 Å². The largest absolute Gasteiger partial charge is 0.463 e. The molecule has 0 aromatic carbocycles. The van der Waals surface area contributed by atoms with E-state index in [0.29, 0.717) is 0 Å². The number of aliphatic hydroxyl groups is 1. The summed E-state index contributed by atoms with van der Waals surface area (Å²) in [5.74, 6) is -2.82. The Morgan fingerprint density at radius 1 is 1.16 bits per heavy atom. The van der Waals surface area contributed by atoms with E-state index in [9.17, 15) is 24.1 Å². The molecule has 3 N–H and O–H groups in total. The van der Waals surface area contributed by atoms with Gasteiger partial charge in [-0.15, -0.1) is 0 Å². The van der Waals surface area contributed by atoms with Crippen LogP contribution in [0.5, 0.6) is 0 Å². The monoisotopic (exact) mass is 298 g/mol. The molecule has 0 amide bonds. The second-order valence-electron chi connectivity index (χ2n) is 3.69. The molecular formula is C9H15O9P. The molecule has 0 rings (SSSR count). The molecule has 2 atom stereocenters. The van der Waals surface area contributed by atoms with Crippen molar-refractivity contribution in [3.05, 3.63) is 0 Å². The zero-order valence-corrected chi connectivity index (χ0v) is 11.2. The van der Waals surface area contributed by atoms with Gasteiger partial charge in [-0.25, -0.2) is 0 Å². The van der Waals surface area contributed by atoms with Gasteiger partial charge in [0.15, 0.2) is 11.9 Å². The Morgan fingerprint density at radius 2 is 1.68 bits per heavy atom. The van der Waals surface area contributed by atoms with Crippen LogP contribution < -0.4 is 0 Å². The van der Waals surface area contributed by atoms with Gasteiger partial charge in [0, 0.05) is 13.8 Å². The van der Waals surface area contributed by atoms with Crippen LogP contribution in [0.1, 0.15) is 13.8 Å². The van der Waals surface area contributed by atoms with Crippen LogP contribution in [0.15, 0.2) is 0 Å². The van der Waals surface area contributed by atoms with E-state index in [4.69, 9.17) is 9.79 Å². The minimum Gasteiger partial charge on any atom is -0.463 e. The maximum atomic E-state index is 11.5. The Bertz CT molecular complexity index is 398. The minimum atomic E-state index is -4.66. The Balaban J connectivity index is 4.78. The van der Waals surface area contributed by atoms with Crippen LogP contribution in [0.3, 0.4) is 0 Å². The number of aliphatic hydroxyl groups excluding tert-OH is 1. The average molecular weight is 298 g/mol. The van der Waals surface area contributed by atoms with Crippen molar-refractivity contribution in [1.82, 2.24) is 0 Å². The maximum absolute atomic E-state index is 11.5. The van der Waals surface area contributed by atoms with E-state index >= 15 is 0 Å². The van der Waals surface area contributed by atoms with Crippen LogP contribution in [-0.2, 0) is 28.4 Å². The first kappa shape index (κ1) is 17.7. The van der Waals surface area contributed by atoms with E-state index in [1.54, 1.807) is 0 Å². The number of hydrogen-bond acceptors (Lipinski definition) is 7. The van der Waals surface area contributed by atoms with Gasteiger partial charge >= 0.3 is 19.5 Å². The molecule has 0 aromatic rings. The summed E-state index contributed by atoms with van der Waals surface area (Å²) in [6, 6.07) is 0. The highest BCUT2D eigenvalue weighted by Gasteiger charge is 2.34. The van der Waals surface area contributed by atoms with Gasteiger partial charge in [-0.05, 0) is 0 Å². The van der Waals surface area contributed by atoms with E-state index < -0.39 is 50.3 Å². The third kappa shape index (κ3) is 8.44. The summed E-state index contributed by atoms with van der Waals surface area (Å²) in [6.07, 6.45) is -4.70. The van der Waals surface area contributed by atoms with Crippen LogP contribution in [0.25, 0.3) is 0 Å². The second-order valence-corrected chi connectivity index (χ2v) is 5.33. The highest BCUT2D eigenvalue weighted by atomic mass is 31.2. The lowest BCUT2D eigenvalue weighted by Gasteiger charge is -2.21. The van der Waals surface area contributed by atoms with Crippen molar-refractivity contribution >= 4 is 25.3 Å². The lowest BCUT2D eigenvalue weighted by atomic mass is 10.1. The Morgan fingerprint density at radius 3 is 2.05 bits per heavy atom. The molecule has 0 bridgehead atoms. The molecule has 0 spiro atoms. The van der Waals surface area contributed by atoms with Gasteiger partial charge in [-0.2, -0.15) is 0 Å². The van der Waals surface area contributed by atoms with Gasteiger partial charge in [-0.1, -0.05) is 0 Å². The van der Waals surface area contributed by atoms with E-state index in [1.807, 2.05) is 0 Å². The molecule has 10 heteroatoms. The lowest BCUT2D eigenvalue weighted by molar-refractivity contribution is -0.164. The van der Waals surface area contributed by atoms with Gasteiger partial charge in [-0.3, -0.25) is 18.9 Å². The predicted molar refractivity (Wildman–Crippen MR) is 60.1 cm³/mol. The summed E-state index contributed by atoms with van der Waals surface area (Å²) >= 11 is 0. The number of ether oxygens (including phenoxy) is 2. The molecule has 0 aromatic heterocycles. The van der Waals surface area contributed by atoms with Crippen molar-refractivity contribution < 1.29 is 43.3 Å². The molecule has 110 valence electrons. The van der Waals surface area contributed by atoms with Crippen LogP contribution in [0.2, 0.25) is 0 Å². The molecule has 0 aliphatic heterocycles. The number of ketones is 1. The highest BCUT2D eigenvalue weighted by Crippen LogP contribution is 2.34. The van der Waals surface area contributed by atoms with Gasteiger partial charge in [0.25, 0.3) is 0 Å². The summed E-state index contributed by atoms with van der Waals surface area (Å²) in [5.41, 5.74) is 0. The van der Waals surface area contributed by atoms with Crippen LogP contribution in [-0.4, -0.2) is 57.6 Å². The quantitative estimate of drug-likeness (QED) is 0.380.